The first kappa shape index (κ1) is 21.2. The van der Waals surface area contributed by atoms with E-state index < -0.39 is 0 Å². The Bertz CT molecular complexity index is 1460. The predicted octanol–water partition coefficient (Wildman–Crippen LogP) is 6.49. The van der Waals surface area contributed by atoms with Crippen molar-refractivity contribution in [1.29, 1.82) is 0 Å². The molecule has 1 aromatic heterocycles. The van der Waals surface area contributed by atoms with Crippen molar-refractivity contribution in [2.45, 2.75) is 13.1 Å². The minimum atomic E-state index is -0.113. The van der Waals surface area contributed by atoms with Gasteiger partial charge in [0, 0.05) is 22.3 Å². The molecule has 5 aromatic rings. The fourth-order valence-corrected chi connectivity index (χ4v) is 4.31. The summed E-state index contributed by atoms with van der Waals surface area (Å²) < 4.78 is 2.71. The van der Waals surface area contributed by atoms with E-state index in [1.54, 1.807) is 0 Å². The van der Waals surface area contributed by atoms with Crippen LogP contribution in [0.1, 0.15) is 11.1 Å². The lowest BCUT2D eigenvalue weighted by atomic mass is 10.1. The molecule has 1 heterocycles. The topological polar surface area (TPSA) is 46.9 Å². The summed E-state index contributed by atoms with van der Waals surface area (Å²) in [5.41, 5.74) is 5.81. The molecule has 4 aromatic carbocycles. The number of benzene rings is 4. The minimum Gasteiger partial charge on any atom is -0.380 e. The van der Waals surface area contributed by atoms with Crippen molar-refractivity contribution in [3.8, 4) is 11.3 Å². The maximum Gasteiger partial charge on any atom is 0.277 e. The Hall–Kier alpha value is -3.70. The zero-order valence-corrected chi connectivity index (χ0v) is 19.5. The van der Waals surface area contributed by atoms with E-state index in [0.29, 0.717) is 18.8 Å². The normalized spacial score (nSPS) is 10.9. The molecule has 5 rings (SSSR count). The highest BCUT2D eigenvalue weighted by atomic mass is 79.9. The van der Waals surface area contributed by atoms with Gasteiger partial charge in [0.2, 0.25) is 0 Å². The number of fused-ring (bicyclic) bond motifs is 1. The second-order valence-corrected chi connectivity index (χ2v) is 8.77. The summed E-state index contributed by atoms with van der Waals surface area (Å²) in [6.45, 7) is 1.14. The number of aromatic nitrogens is 2. The van der Waals surface area contributed by atoms with Gasteiger partial charge in [-0.05, 0) is 41.5 Å². The van der Waals surface area contributed by atoms with Gasteiger partial charge in [0.05, 0.1) is 17.6 Å². The van der Waals surface area contributed by atoms with Crippen LogP contribution >= 0.6 is 15.9 Å². The second-order valence-electron chi connectivity index (χ2n) is 7.86. The van der Waals surface area contributed by atoms with Crippen molar-refractivity contribution < 1.29 is 0 Å². The van der Waals surface area contributed by atoms with Gasteiger partial charge < -0.3 is 9.88 Å². The molecule has 0 unspecified atom stereocenters. The summed E-state index contributed by atoms with van der Waals surface area (Å²) in [4.78, 5) is 18.6. The molecule has 0 aliphatic carbocycles. The number of hydrogen-bond acceptors (Lipinski definition) is 3. The monoisotopic (exact) mass is 495 g/mol. The summed E-state index contributed by atoms with van der Waals surface area (Å²) in [6, 6.07) is 33.9. The average Bonchev–Trinajstić information content (AvgIpc) is 2.86. The summed E-state index contributed by atoms with van der Waals surface area (Å²) in [7, 11) is 0. The molecular weight excluding hydrogens is 474 g/mol. The number of nitrogens with zero attached hydrogens (tertiary/aromatic N) is 2. The molecule has 0 aliphatic heterocycles. The lowest BCUT2D eigenvalue weighted by Crippen LogP contribution is -2.24. The van der Waals surface area contributed by atoms with Crippen LogP contribution in [0.3, 0.4) is 0 Å². The zero-order valence-electron chi connectivity index (χ0n) is 17.9. The maximum absolute atomic E-state index is 13.8. The van der Waals surface area contributed by atoms with E-state index >= 15 is 0 Å². The minimum absolute atomic E-state index is 0.113. The van der Waals surface area contributed by atoms with Gasteiger partial charge in [-0.3, -0.25) is 4.79 Å². The smallest absolute Gasteiger partial charge is 0.277 e. The maximum atomic E-state index is 13.8. The predicted molar refractivity (Wildman–Crippen MR) is 138 cm³/mol. The third kappa shape index (κ3) is 4.59. The number of para-hydroxylation sites is 2. The first-order chi connectivity index (χ1) is 16.2. The fraction of sp³-hybridized carbons (Fsp3) is 0.0714. The van der Waals surface area contributed by atoms with Crippen LogP contribution in [0.25, 0.3) is 22.3 Å². The molecule has 0 radical (unpaired) electrons. The van der Waals surface area contributed by atoms with Gasteiger partial charge in [0.25, 0.3) is 5.56 Å². The number of rotatable bonds is 6. The van der Waals surface area contributed by atoms with Gasteiger partial charge in [0.1, 0.15) is 5.69 Å². The molecule has 0 fully saturated rings. The standard InChI is InChI=1S/C28H22BrN3O/c29-22-15-16-24(30-18-20-9-3-1-4-10-20)23(17-22)27-28(33)32(19-21-11-5-2-6-12-21)26-14-8-7-13-25(26)31-27/h1-17,30H,18-19H2. The molecule has 0 spiro atoms. The van der Waals surface area contributed by atoms with Gasteiger partial charge in [0.15, 0.2) is 0 Å². The molecule has 33 heavy (non-hydrogen) atoms. The summed E-state index contributed by atoms with van der Waals surface area (Å²) in [5, 5.41) is 3.49. The first-order valence-electron chi connectivity index (χ1n) is 10.8. The Balaban J connectivity index is 1.64. The highest BCUT2D eigenvalue weighted by molar-refractivity contribution is 9.10. The van der Waals surface area contributed by atoms with Crippen molar-refractivity contribution in [2.75, 3.05) is 5.32 Å². The van der Waals surface area contributed by atoms with Gasteiger partial charge >= 0.3 is 0 Å². The van der Waals surface area contributed by atoms with Crippen molar-refractivity contribution in [1.82, 2.24) is 9.55 Å². The molecule has 4 nitrogen and oxygen atoms in total. The van der Waals surface area contributed by atoms with Crippen LogP contribution in [-0.4, -0.2) is 9.55 Å². The van der Waals surface area contributed by atoms with Crippen LogP contribution in [0.4, 0.5) is 5.69 Å². The van der Waals surface area contributed by atoms with E-state index in [9.17, 15) is 4.79 Å². The second kappa shape index (κ2) is 9.43. The van der Waals surface area contributed by atoms with Crippen LogP contribution in [0.5, 0.6) is 0 Å². The molecule has 0 bridgehead atoms. The van der Waals surface area contributed by atoms with E-state index in [-0.39, 0.29) is 5.56 Å². The first-order valence-corrected chi connectivity index (χ1v) is 11.6. The summed E-state index contributed by atoms with van der Waals surface area (Å²) >= 11 is 3.57. The molecule has 0 aliphatic rings. The largest absolute Gasteiger partial charge is 0.380 e. The highest BCUT2D eigenvalue weighted by Crippen LogP contribution is 2.30. The summed E-state index contributed by atoms with van der Waals surface area (Å²) in [5.74, 6) is 0. The van der Waals surface area contributed by atoms with Crippen LogP contribution in [0.2, 0.25) is 0 Å². The molecule has 0 atom stereocenters. The van der Waals surface area contributed by atoms with E-state index in [2.05, 4.69) is 33.4 Å². The van der Waals surface area contributed by atoms with Gasteiger partial charge in [-0.15, -0.1) is 0 Å². The molecule has 162 valence electrons. The van der Waals surface area contributed by atoms with Crippen LogP contribution in [0, 0.1) is 0 Å². The third-order valence-corrected chi connectivity index (χ3v) is 6.09. The Morgan fingerprint density at radius 1 is 0.788 bits per heavy atom. The fourth-order valence-electron chi connectivity index (χ4n) is 3.95. The number of nitrogens with one attached hydrogen (secondary N) is 1. The molecule has 5 heteroatoms. The van der Waals surface area contributed by atoms with Crippen molar-refractivity contribution in [3.05, 3.63) is 129 Å². The van der Waals surface area contributed by atoms with Crippen LogP contribution in [-0.2, 0) is 13.1 Å². The SMILES string of the molecule is O=c1c(-c2cc(Br)ccc2NCc2ccccc2)nc2ccccc2n1Cc1ccccc1. The van der Waals surface area contributed by atoms with E-state index in [0.717, 1.165) is 32.3 Å². The van der Waals surface area contributed by atoms with E-state index in [1.807, 2.05) is 95.6 Å². The zero-order chi connectivity index (χ0) is 22.6. The van der Waals surface area contributed by atoms with Gasteiger partial charge in [-0.2, -0.15) is 0 Å². The van der Waals surface area contributed by atoms with Crippen LogP contribution < -0.4 is 10.9 Å². The third-order valence-electron chi connectivity index (χ3n) is 5.60. The number of halogens is 1. The molecule has 0 saturated heterocycles. The Morgan fingerprint density at radius 3 is 2.21 bits per heavy atom. The van der Waals surface area contributed by atoms with Crippen molar-refractivity contribution >= 4 is 32.7 Å². The van der Waals surface area contributed by atoms with Crippen LogP contribution in [0.15, 0.2) is 112 Å². The van der Waals surface area contributed by atoms with Crippen molar-refractivity contribution in [3.63, 3.8) is 0 Å². The Labute approximate surface area is 200 Å². The number of hydrogen-bond donors (Lipinski definition) is 1. The highest BCUT2D eigenvalue weighted by Gasteiger charge is 2.16. The molecule has 1 N–H and O–H groups in total. The molecule has 0 amide bonds. The quantitative estimate of drug-likeness (QED) is 0.293. The van der Waals surface area contributed by atoms with Gasteiger partial charge in [-0.25, -0.2) is 4.98 Å². The molecular formula is C28H22BrN3O. The average molecular weight is 496 g/mol. The Morgan fingerprint density at radius 2 is 1.45 bits per heavy atom. The van der Waals surface area contributed by atoms with E-state index in [1.165, 1.54) is 5.56 Å². The summed E-state index contributed by atoms with van der Waals surface area (Å²) in [6.07, 6.45) is 0. The Kier molecular flexibility index (Phi) is 6.05. The lowest BCUT2D eigenvalue weighted by Gasteiger charge is -2.16. The number of anilines is 1. The molecule has 0 saturated carbocycles. The lowest BCUT2D eigenvalue weighted by molar-refractivity contribution is 0.789. The van der Waals surface area contributed by atoms with E-state index in [4.69, 9.17) is 4.98 Å². The van der Waals surface area contributed by atoms with Crippen molar-refractivity contribution in [2.24, 2.45) is 0 Å². The van der Waals surface area contributed by atoms with Gasteiger partial charge in [-0.1, -0.05) is 88.7 Å².